The Hall–Kier alpha value is -3.11. The van der Waals surface area contributed by atoms with Gasteiger partial charge in [-0.1, -0.05) is 0 Å². The van der Waals surface area contributed by atoms with Gasteiger partial charge >= 0.3 is 5.97 Å². The number of benzene rings is 2. The normalized spacial score (nSPS) is 24.8. The molecule has 2 aromatic rings. The minimum Gasteiger partial charge on any atom is -0.478 e. The second-order valence-electron chi connectivity index (χ2n) is 9.01. The second kappa shape index (κ2) is 10.6. The lowest BCUT2D eigenvalue weighted by Gasteiger charge is -2.42. The third kappa shape index (κ3) is 4.05. The summed E-state index contributed by atoms with van der Waals surface area (Å²) in [6, 6.07) is 2.15. The van der Waals surface area contributed by atoms with Crippen LogP contribution in [0.4, 0.5) is 0 Å². The maximum absolute atomic E-state index is 13.8. The first-order chi connectivity index (χ1) is 18.1. The molecule has 1 fully saturated rings. The van der Waals surface area contributed by atoms with Crippen LogP contribution in [0.3, 0.4) is 0 Å². The van der Waals surface area contributed by atoms with E-state index in [0.717, 1.165) is 12.1 Å². The van der Waals surface area contributed by atoms with E-state index in [1.807, 2.05) is 0 Å². The van der Waals surface area contributed by atoms with Crippen LogP contribution in [-0.4, -0.2) is 94.5 Å². The van der Waals surface area contributed by atoms with Gasteiger partial charge in [0.15, 0.2) is 11.6 Å². The standard InChI is InChI=1S/C25H26O13/c26-3-8-1-9-15(10(2-8)25(36)37)21(33)18-13(6-29)16(11(4-27)12(5-28)17(18)19(9)31)24-23(35)22(34)20(32)14(7-30)38-24/h1-2,14,20,22-24,26-30,32,34-35H,3-7H2,(H,36,37)/t14-,20-,22+,23-,24-/m0/s1. The number of aromatic carboxylic acids is 1. The van der Waals surface area contributed by atoms with Gasteiger partial charge in [0.25, 0.3) is 0 Å². The maximum atomic E-state index is 13.8. The lowest BCUT2D eigenvalue weighted by atomic mass is 9.73. The van der Waals surface area contributed by atoms with Crippen LogP contribution >= 0.6 is 0 Å². The summed E-state index contributed by atoms with van der Waals surface area (Å²) in [6.45, 7) is -4.26. The van der Waals surface area contributed by atoms with Crippen molar-refractivity contribution >= 4 is 17.5 Å². The molecule has 13 heteroatoms. The van der Waals surface area contributed by atoms with Crippen LogP contribution in [0.5, 0.6) is 0 Å². The number of carboxylic acids is 1. The van der Waals surface area contributed by atoms with Gasteiger partial charge in [-0.2, -0.15) is 0 Å². The van der Waals surface area contributed by atoms with Gasteiger partial charge in [0, 0.05) is 22.3 Å². The fourth-order valence-corrected chi connectivity index (χ4v) is 5.28. The number of carbonyl (C=O) groups is 3. The molecule has 1 aliphatic carbocycles. The number of ether oxygens (including phenoxy) is 1. The van der Waals surface area contributed by atoms with Crippen LogP contribution < -0.4 is 0 Å². The van der Waals surface area contributed by atoms with Gasteiger partial charge in [0.05, 0.1) is 38.6 Å². The van der Waals surface area contributed by atoms with E-state index in [2.05, 4.69) is 0 Å². The number of carbonyl (C=O) groups excluding carboxylic acids is 2. The molecule has 0 radical (unpaired) electrons. The van der Waals surface area contributed by atoms with Gasteiger partial charge in [-0.05, 0) is 39.9 Å². The van der Waals surface area contributed by atoms with Gasteiger partial charge < -0.3 is 50.7 Å². The first-order valence-electron chi connectivity index (χ1n) is 11.5. The van der Waals surface area contributed by atoms with Crippen molar-refractivity contribution < 1.29 is 65.1 Å². The fourth-order valence-electron chi connectivity index (χ4n) is 5.28. The van der Waals surface area contributed by atoms with E-state index in [4.69, 9.17) is 4.74 Å². The number of carboxylic acid groups (broad SMARTS) is 1. The summed E-state index contributed by atoms with van der Waals surface area (Å²) in [7, 11) is 0. The van der Waals surface area contributed by atoms with Crippen molar-refractivity contribution in [1.82, 2.24) is 0 Å². The summed E-state index contributed by atoms with van der Waals surface area (Å²) in [5.41, 5.74) is -3.50. The van der Waals surface area contributed by atoms with E-state index in [1.54, 1.807) is 0 Å². The largest absolute Gasteiger partial charge is 0.478 e. The third-order valence-electron chi connectivity index (χ3n) is 7.06. The van der Waals surface area contributed by atoms with E-state index < -0.39 is 103 Å². The molecular formula is C25H26O13. The van der Waals surface area contributed by atoms with Crippen LogP contribution in [0.25, 0.3) is 0 Å². The monoisotopic (exact) mass is 534 g/mol. The van der Waals surface area contributed by atoms with E-state index in [0.29, 0.717) is 0 Å². The predicted octanol–water partition coefficient (Wildman–Crippen LogP) is -2.36. The number of ketones is 2. The summed E-state index contributed by atoms with van der Waals surface area (Å²) in [5, 5.41) is 91.0. The molecule has 0 aromatic heterocycles. The first kappa shape index (κ1) is 27.9. The van der Waals surface area contributed by atoms with Gasteiger partial charge in [-0.25, -0.2) is 4.79 Å². The summed E-state index contributed by atoms with van der Waals surface area (Å²) >= 11 is 0. The van der Waals surface area contributed by atoms with E-state index in [-0.39, 0.29) is 33.4 Å². The summed E-state index contributed by atoms with van der Waals surface area (Å²) in [6.07, 6.45) is -8.59. The Bertz CT molecular complexity index is 1320. The number of hydrogen-bond acceptors (Lipinski definition) is 12. The summed E-state index contributed by atoms with van der Waals surface area (Å²) < 4.78 is 5.58. The van der Waals surface area contributed by atoms with Crippen molar-refractivity contribution in [3.8, 4) is 0 Å². The molecule has 204 valence electrons. The Kier molecular flexibility index (Phi) is 7.76. The minimum atomic E-state index is -1.91. The number of aliphatic hydroxyl groups excluding tert-OH is 8. The van der Waals surface area contributed by atoms with Gasteiger partial charge in [-0.15, -0.1) is 0 Å². The Labute approximate surface area is 214 Å². The highest BCUT2D eigenvalue weighted by molar-refractivity contribution is 6.31. The quantitative estimate of drug-likeness (QED) is 0.154. The highest BCUT2D eigenvalue weighted by Gasteiger charge is 2.47. The summed E-state index contributed by atoms with van der Waals surface area (Å²) in [4.78, 5) is 39.5. The van der Waals surface area contributed by atoms with Crippen molar-refractivity contribution in [2.24, 2.45) is 0 Å². The molecule has 0 saturated carbocycles. The number of aliphatic hydroxyl groups is 8. The molecule has 2 aliphatic rings. The zero-order valence-electron chi connectivity index (χ0n) is 19.7. The van der Waals surface area contributed by atoms with E-state index >= 15 is 0 Å². The Morgan fingerprint density at radius 1 is 0.737 bits per heavy atom. The predicted molar refractivity (Wildman–Crippen MR) is 123 cm³/mol. The van der Waals surface area contributed by atoms with Crippen molar-refractivity contribution in [3.05, 3.63) is 67.8 Å². The van der Waals surface area contributed by atoms with E-state index in [1.165, 1.54) is 0 Å². The average Bonchev–Trinajstić information content (AvgIpc) is 2.92. The molecule has 1 saturated heterocycles. The molecule has 1 heterocycles. The van der Waals surface area contributed by atoms with Crippen molar-refractivity contribution in [1.29, 1.82) is 0 Å². The average molecular weight is 534 g/mol. The fraction of sp³-hybridized carbons (Fsp3) is 0.400. The summed E-state index contributed by atoms with van der Waals surface area (Å²) in [5.74, 6) is -3.51. The Morgan fingerprint density at radius 3 is 1.87 bits per heavy atom. The highest BCUT2D eigenvalue weighted by atomic mass is 16.5. The van der Waals surface area contributed by atoms with Gasteiger partial charge in [-0.3, -0.25) is 9.59 Å². The van der Waals surface area contributed by atoms with Crippen LogP contribution in [-0.2, 0) is 31.2 Å². The smallest absolute Gasteiger partial charge is 0.336 e. The zero-order chi connectivity index (χ0) is 28.0. The lowest BCUT2D eigenvalue weighted by Crippen LogP contribution is -2.55. The Morgan fingerprint density at radius 2 is 1.34 bits per heavy atom. The molecule has 0 spiro atoms. The van der Waals surface area contributed by atoms with Crippen molar-refractivity contribution in [2.45, 2.75) is 56.9 Å². The van der Waals surface area contributed by atoms with Crippen LogP contribution in [0, 0.1) is 0 Å². The van der Waals surface area contributed by atoms with Gasteiger partial charge in [0.1, 0.15) is 30.5 Å². The molecule has 13 nitrogen and oxygen atoms in total. The van der Waals surface area contributed by atoms with Crippen molar-refractivity contribution in [3.63, 3.8) is 0 Å². The molecule has 4 rings (SSSR count). The van der Waals surface area contributed by atoms with Crippen molar-refractivity contribution in [2.75, 3.05) is 6.61 Å². The molecule has 1 aliphatic heterocycles. The molecule has 5 atom stereocenters. The number of fused-ring (bicyclic) bond motifs is 2. The molecular weight excluding hydrogens is 508 g/mol. The maximum Gasteiger partial charge on any atom is 0.336 e. The molecule has 38 heavy (non-hydrogen) atoms. The first-order valence-corrected chi connectivity index (χ1v) is 11.5. The van der Waals surface area contributed by atoms with Gasteiger partial charge in [0.2, 0.25) is 0 Å². The SMILES string of the molecule is O=C(O)c1cc(CO)cc2c1C(=O)c1c(CO)c([C@@H]3O[C@@H](CO)[C@H](O)[C@@H](O)[C@@H]3O)c(CO)c(CO)c1C2=O. The molecule has 2 aromatic carbocycles. The van der Waals surface area contributed by atoms with Crippen LogP contribution in [0.1, 0.15) is 76.1 Å². The molecule has 0 unspecified atom stereocenters. The topological polar surface area (TPSA) is 243 Å². The number of rotatable bonds is 7. The molecule has 0 amide bonds. The van der Waals surface area contributed by atoms with Crippen LogP contribution in [0.2, 0.25) is 0 Å². The molecule has 9 N–H and O–H groups in total. The number of hydrogen-bond donors (Lipinski definition) is 9. The minimum absolute atomic E-state index is 0.0269. The second-order valence-corrected chi connectivity index (χ2v) is 9.01. The Balaban J connectivity index is 2.09. The molecule has 0 bridgehead atoms. The highest BCUT2D eigenvalue weighted by Crippen LogP contribution is 2.43. The van der Waals surface area contributed by atoms with Crippen LogP contribution in [0.15, 0.2) is 12.1 Å². The third-order valence-corrected chi connectivity index (χ3v) is 7.06. The zero-order valence-corrected chi connectivity index (χ0v) is 19.7. The van der Waals surface area contributed by atoms with E-state index in [9.17, 15) is 60.3 Å². The lowest BCUT2D eigenvalue weighted by molar-refractivity contribution is -0.232.